The predicted molar refractivity (Wildman–Crippen MR) is 105 cm³/mol. The SMILES string of the molecule is CC(C)c1ccc(C(=O)/C=C/c2ccc(-c3ccc([N+](=O)[O-])cc3)o2)cc1. The van der Waals surface area contributed by atoms with Gasteiger partial charge in [-0.1, -0.05) is 38.1 Å². The Morgan fingerprint density at radius 1 is 1.00 bits per heavy atom. The summed E-state index contributed by atoms with van der Waals surface area (Å²) in [4.78, 5) is 22.6. The smallest absolute Gasteiger partial charge is 0.269 e. The molecule has 0 fully saturated rings. The van der Waals surface area contributed by atoms with E-state index in [2.05, 4.69) is 13.8 Å². The number of rotatable bonds is 6. The number of nitro groups is 1. The number of non-ortho nitro benzene ring substituents is 1. The maximum atomic E-state index is 12.3. The maximum absolute atomic E-state index is 12.3. The topological polar surface area (TPSA) is 73.3 Å². The van der Waals surface area contributed by atoms with Gasteiger partial charge in [0.2, 0.25) is 0 Å². The van der Waals surface area contributed by atoms with Crippen LogP contribution in [0, 0.1) is 10.1 Å². The second kappa shape index (κ2) is 7.83. The number of allylic oxidation sites excluding steroid dienone is 1. The standard InChI is InChI=1S/C22H19NO4/c1-15(2)16-3-5-17(6-4-16)21(24)13-11-20-12-14-22(27-20)18-7-9-19(10-8-18)23(25)26/h3-15H,1-2H3/b13-11+. The first-order chi connectivity index (χ1) is 12.9. The molecule has 0 spiro atoms. The van der Waals surface area contributed by atoms with Crippen LogP contribution in [0.3, 0.4) is 0 Å². The highest BCUT2D eigenvalue weighted by atomic mass is 16.6. The van der Waals surface area contributed by atoms with E-state index in [0.29, 0.717) is 23.0 Å². The highest BCUT2D eigenvalue weighted by molar-refractivity contribution is 6.06. The van der Waals surface area contributed by atoms with Gasteiger partial charge in [-0.2, -0.15) is 0 Å². The summed E-state index contributed by atoms with van der Waals surface area (Å²) in [5.41, 5.74) is 2.57. The fourth-order valence-corrected chi connectivity index (χ4v) is 2.63. The Kier molecular flexibility index (Phi) is 5.31. The first-order valence-electron chi connectivity index (χ1n) is 8.61. The van der Waals surface area contributed by atoms with Crippen molar-refractivity contribution in [3.63, 3.8) is 0 Å². The molecule has 0 saturated carbocycles. The van der Waals surface area contributed by atoms with Crippen LogP contribution in [0.1, 0.15) is 41.4 Å². The summed E-state index contributed by atoms with van der Waals surface area (Å²) in [5, 5.41) is 10.7. The Morgan fingerprint density at radius 3 is 2.26 bits per heavy atom. The summed E-state index contributed by atoms with van der Waals surface area (Å²) in [6.45, 7) is 4.21. The zero-order valence-corrected chi connectivity index (χ0v) is 15.1. The maximum Gasteiger partial charge on any atom is 0.269 e. The van der Waals surface area contributed by atoms with Crippen molar-refractivity contribution in [2.75, 3.05) is 0 Å². The van der Waals surface area contributed by atoms with E-state index in [1.54, 1.807) is 30.3 Å². The largest absolute Gasteiger partial charge is 0.457 e. The predicted octanol–water partition coefficient (Wildman–Crippen LogP) is 5.87. The molecule has 3 aromatic rings. The van der Waals surface area contributed by atoms with Gasteiger partial charge in [-0.3, -0.25) is 14.9 Å². The molecule has 0 amide bonds. The van der Waals surface area contributed by atoms with E-state index in [9.17, 15) is 14.9 Å². The minimum Gasteiger partial charge on any atom is -0.457 e. The Bertz CT molecular complexity index is 980. The van der Waals surface area contributed by atoms with E-state index in [1.165, 1.54) is 23.8 Å². The average Bonchev–Trinajstić information content (AvgIpc) is 3.15. The first-order valence-corrected chi connectivity index (χ1v) is 8.61. The number of benzene rings is 2. The van der Waals surface area contributed by atoms with Gasteiger partial charge in [-0.15, -0.1) is 0 Å². The van der Waals surface area contributed by atoms with E-state index in [1.807, 2.05) is 24.3 Å². The zero-order valence-electron chi connectivity index (χ0n) is 15.1. The third-order valence-electron chi connectivity index (χ3n) is 4.25. The molecule has 5 nitrogen and oxygen atoms in total. The summed E-state index contributed by atoms with van der Waals surface area (Å²) in [6, 6.07) is 17.2. The molecule has 0 unspecified atom stereocenters. The minimum absolute atomic E-state index is 0.0273. The summed E-state index contributed by atoms with van der Waals surface area (Å²) in [6.07, 6.45) is 3.09. The number of carbonyl (C=O) groups excluding carboxylic acids is 1. The molecular formula is C22H19NO4. The molecule has 0 N–H and O–H groups in total. The third kappa shape index (κ3) is 4.39. The molecular weight excluding hydrogens is 342 g/mol. The lowest BCUT2D eigenvalue weighted by Gasteiger charge is -2.04. The van der Waals surface area contributed by atoms with Crippen LogP contribution in [0.25, 0.3) is 17.4 Å². The number of furan rings is 1. The van der Waals surface area contributed by atoms with Crippen molar-refractivity contribution < 1.29 is 14.1 Å². The molecule has 0 aliphatic heterocycles. The highest BCUT2D eigenvalue weighted by Gasteiger charge is 2.08. The van der Waals surface area contributed by atoms with Crippen LogP contribution in [0.2, 0.25) is 0 Å². The molecule has 3 rings (SSSR count). The van der Waals surface area contributed by atoms with Gasteiger partial charge in [0, 0.05) is 23.3 Å². The van der Waals surface area contributed by atoms with E-state index in [0.717, 1.165) is 5.56 Å². The molecule has 0 bridgehead atoms. The summed E-state index contributed by atoms with van der Waals surface area (Å²) in [7, 11) is 0. The number of carbonyl (C=O) groups is 1. The first kappa shape index (κ1) is 18.3. The van der Waals surface area contributed by atoms with Crippen molar-refractivity contribution in [1.82, 2.24) is 0 Å². The van der Waals surface area contributed by atoms with Crippen molar-refractivity contribution in [2.45, 2.75) is 19.8 Å². The molecule has 1 aromatic heterocycles. The minimum atomic E-state index is -0.445. The molecule has 2 aromatic carbocycles. The lowest BCUT2D eigenvalue weighted by Crippen LogP contribution is -1.95. The van der Waals surface area contributed by atoms with Crippen LogP contribution in [-0.2, 0) is 0 Å². The quantitative estimate of drug-likeness (QED) is 0.238. The van der Waals surface area contributed by atoms with Crippen molar-refractivity contribution >= 4 is 17.5 Å². The van der Waals surface area contributed by atoms with Gasteiger partial charge in [-0.25, -0.2) is 0 Å². The van der Waals surface area contributed by atoms with Crippen molar-refractivity contribution in [3.05, 3.63) is 93.7 Å². The Balaban J connectivity index is 1.71. The Hall–Kier alpha value is -3.47. The van der Waals surface area contributed by atoms with E-state index < -0.39 is 4.92 Å². The molecule has 0 atom stereocenters. The van der Waals surface area contributed by atoms with E-state index >= 15 is 0 Å². The van der Waals surface area contributed by atoms with Crippen LogP contribution in [0.15, 0.2) is 71.2 Å². The van der Waals surface area contributed by atoms with E-state index in [4.69, 9.17) is 4.42 Å². The number of hydrogen-bond acceptors (Lipinski definition) is 4. The summed E-state index contributed by atoms with van der Waals surface area (Å²) in [5.74, 6) is 1.44. The second-order valence-corrected chi connectivity index (χ2v) is 6.48. The number of hydrogen-bond donors (Lipinski definition) is 0. The van der Waals surface area contributed by atoms with Gasteiger partial charge in [-0.05, 0) is 47.9 Å². The molecule has 1 heterocycles. The number of nitrogens with zero attached hydrogens (tertiary/aromatic N) is 1. The van der Waals surface area contributed by atoms with Gasteiger partial charge in [0.1, 0.15) is 11.5 Å². The number of nitro benzene ring substituents is 1. The molecule has 136 valence electrons. The molecule has 0 radical (unpaired) electrons. The fraction of sp³-hybridized carbons (Fsp3) is 0.136. The van der Waals surface area contributed by atoms with Crippen LogP contribution < -0.4 is 0 Å². The monoisotopic (exact) mass is 361 g/mol. The van der Waals surface area contributed by atoms with Crippen molar-refractivity contribution in [1.29, 1.82) is 0 Å². The van der Waals surface area contributed by atoms with Crippen LogP contribution in [0.5, 0.6) is 0 Å². The normalized spacial score (nSPS) is 11.2. The van der Waals surface area contributed by atoms with E-state index in [-0.39, 0.29) is 11.5 Å². The Morgan fingerprint density at radius 2 is 1.67 bits per heavy atom. The Labute approximate surface area is 157 Å². The van der Waals surface area contributed by atoms with Gasteiger partial charge in [0.25, 0.3) is 5.69 Å². The van der Waals surface area contributed by atoms with Crippen molar-refractivity contribution in [3.8, 4) is 11.3 Å². The third-order valence-corrected chi connectivity index (χ3v) is 4.25. The molecule has 0 saturated heterocycles. The zero-order chi connectivity index (χ0) is 19.4. The van der Waals surface area contributed by atoms with Crippen LogP contribution >= 0.6 is 0 Å². The lowest BCUT2D eigenvalue weighted by atomic mass is 10.0. The molecule has 0 aliphatic carbocycles. The summed E-state index contributed by atoms with van der Waals surface area (Å²) >= 11 is 0. The average molecular weight is 361 g/mol. The van der Waals surface area contributed by atoms with Crippen LogP contribution in [-0.4, -0.2) is 10.7 Å². The summed E-state index contributed by atoms with van der Waals surface area (Å²) < 4.78 is 5.70. The van der Waals surface area contributed by atoms with Gasteiger partial charge >= 0.3 is 0 Å². The van der Waals surface area contributed by atoms with Gasteiger partial charge in [0.15, 0.2) is 5.78 Å². The lowest BCUT2D eigenvalue weighted by molar-refractivity contribution is -0.384. The highest BCUT2D eigenvalue weighted by Crippen LogP contribution is 2.25. The molecule has 0 aliphatic rings. The van der Waals surface area contributed by atoms with Gasteiger partial charge < -0.3 is 4.42 Å². The second-order valence-electron chi connectivity index (χ2n) is 6.48. The van der Waals surface area contributed by atoms with Crippen molar-refractivity contribution in [2.24, 2.45) is 0 Å². The molecule has 27 heavy (non-hydrogen) atoms. The van der Waals surface area contributed by atoms with Gasteiger partial charge in [0.05, 0.1) is 4.92 Å². The van der Waals surface area contributed by atoms with Crippen LogP contribution in [0.4, 0.5) is 5.69 Å². The number of ketones is 1. The fourth-order valence-electron chi connectivity index (χ4n) is 2.63. The molecule has 5 heteroatoms.